The molecule has 0 aromatic heterocycles. The minimum Gasteiger partial charge on any atom is -0.405 e. The summed E-state index contributed by atoms with van der Waals surface area (Å²) in [5.41, 5.74) is 0.848. The Hall–Kier alpha value is -2.03. The monoisotopic (exact) mass is 382 g/mol. The van der Waals surface area contributed by atoms with Gasteiger partial charge in [0.05, 0.1) is 9.79 Å². The van der Waals surface area contributed by atoms with Gasteiger partial charge in [-0.1, -0.05) is 36.0 Å². The minimum atomic E-state index is -4.92. The first-order valence-electron chi connectivity index (χ1n) is 6.85. The summed E-state index contributed by atoms with van der Waals surface area (Å²) >= 11 is 0.725. The highest BCUT2D eigenvalue weighted by Crippen LogP contribution is 2.45. The van der Waals surface area contributed by atoms with Crippen LogP contribution >= 0.6 is 11.8 Å². The van der Waals surface area contributed by atoms with Gasteiger partial charge < -0.3 is 9.47 Å². The summed E-state index contributed by atoms with van der Waals surface area (Å²) in [4.78, 5) is 0.113. The van der Waals surface area contributed by atoms with E-state index in [1.54, 1.807) is 0 Å². The fraction of sp³-hybridized carbons (Fsp3) is 0.250. The van der Waals surface area contributed by atoms with Crippen molar-refractivity contribution in [1.82, 2.24) is 0 Å². The molecule has 0 saturated carbocycles. The van der Waals surface area contributed by atoms with Crippen LogP contribution in [-0.4, -0.2) is 12.7 Å². The van der Waals surface area contributed by atoms with Gasteiger partial charge in [-0.2, -0.15) is 0 Å². The maximum atomic E-state index is 12.6. The lowest BCUT2D eigenvalue weighted by Gasteiger charge is -2.18. The summed E-state index contributed by atoms with van der Waals surface area (Å²) in [6, 6.07) is 8.01. The van der Waals surface area contributed by atoms with Crippen molar-refractivity contribution in [2.24, 2.45) is 0 Å². The van der Waals surface area contributed by atoms with E-state index in [0.29, 0.717) is 11.1 Å². The van der Waals surface area contributed by atoms with Crippen molar-refractivity contribution < 1.29 is 35.8 Å². The first-order chi connectivity index (χ1) is 11.5. The Morgan fingerprint density at radius 2 is 1.04 bits per heavy atom. The van der Waals surface area contributed by atoms with Crippen LogP contribution in [-0.2, 0) is 0 Å². The molecule has 2 nitrogen and oxygen atoms in total. The van der Waals surface area contributed by atoms with E-state index >= 15 is 0 Å². The van der Waals surface area contributed by atoms with E-state index in [4.69, 9.17) is 0 Å². The smallest absolute Gasteiger partial charge is 0.405 e. The number of aryl methyl sites for hydroxylation is 2. The number of ether oxygens (including phenoxy) is 2. The Balaban J connectivity index is 2.47. The molecule has 0 aliphatic carbocycles. The maximum absolute atomic E-state index is 12.6. The van der Waals surface area contributed by atoms with Crippen LogP contribution in [0.15, 0.2) is 46.2 Å². The molecule has 9 heteroatoms. The molecule has 0 spiro atoms. The van der Waals surface area contributed by atoms with Gasteiger partial charge in [0.25, 0.3) is 0 Å². The average molecular weight is 382 g/mol. The zero-order valence-corrected chi connectivity index (χ0v) is 13.8. The normalized spacial score (nSPS) is 12.2. The van der Waals surface area contributed by atoms with E-state index in [0.717, 1.165) is 23.9 Å². The molecule has 0 aliphatic rings. The highest BCUT2D eigenvalue weighted by atomic mass is 32.2. The van der Waals surface area contributed by atoms with E-state index in [9.17, 15) is 26.3 Å². The van der Waals surface area contributed by atoms with E-state index in [-0.39, 0.29) is 9.79 Å². The van der Waals surface area contributed by atoms with Crippen molar-refractivity contribution in [2.45, 2.75) is 36.4 Å². The van der Waals surface area contributed by atoms with Gasteiger partial charge in [-0.3, -0.25) is 0 Å². The second-order valence-electron chi connectivity index (χ2n) is 5.00. The molecule has 0 bridgehead atoms. The summed E-state index contributed by atoms with van der Waals surface area (Å²) in [7, 11) is 0. The Bertz CT molecular complexity index is 692. The van der Waals surface area contributed by atoms with Crippen molar-refractivity contribution in [2.75, 3.05) is 0 Å². The first kappa shape index (κ1) is 19.3. The molecule has 2 rings (SSSR count). The van der Waals surface area contributed by atoms with Gasteiger partial charge in [0, 0.05) is 0 Å². The highest BCUT2D eigenvalue weighted by Gasteiger charge is 2.34. The van der Waals surface area contributed by atoms with Crippen LogP contribution in [0, 0.1) is 13.8 Å². The molecule has 0 atom stereocenters. The number of benzene rings is 2. The molecule has 0 N–H and O–H groups in total. The fourth-order valence-corrected chi connectivity index (χ4v) is 3.11. The Morgan fingerprint density at radius 1 is 0.680 bits per heavy atom. The number of halogens is 6. The number of hydrogen-bond acceptors (Lipinski definition) is 3. The Labute approximate surface area is 143 Å². The first-order valence-corrected chi connectivity index (χ1v) is 7.66. The third-order valence-corrected chi connectivity index (χ3v) is 4.46. The zero-order chi connectivity index (χ0) is 18.8. The van der Waals surface area contributed by atoms with Crippen molar-refractivity contribution in [3.8, 4) is 11.5 Å². The highest BCUT2D eigenvalue weighted by molar-refractivity contribution is 7.99. The van der Waals surface area contributed by atoms with Gasteiger partial charge in [-0.05, 0) is 37.1 Å². The van der Waals surface area contributed by atoms with Crippen LogP contribution in [0.3, 0.4) is 0 Å². The van der Waals surface area contributed by atoms with Crippen LogP contribution in [0.4, 0.5) is 26.3 Å². The topological polar surface area (TPSA) is 18.5 Å². The average Bonchev–Trinajstić information content (AvgIpc) is 2.42. The van der Waals surface area contributed by atoms with Gasteiger partial charge in [0.1, 0.15) is 11.5 Å². The second-order valence-corrected chi connectivity index (χ2v) is 6.02. The predicted molar refractivity (Wildman–Crippen MR) is 79.8 cm³/mol. The van der Waals surface area contributed by atoms with Crippen molar-refractivity contribution in [3.63, 3.8) is 0 Å². The SMILES string of the molecule is Cc1cccc(OC(F)(F)F)c1Sc1c(C)cccc1OC(F)(F)F. The summed E-state index contributed by atoms with van der Waals surface area (Å²) in [5.74, 6) is -0.975. The fourth-order valence-electron chi connectivity index (χ4n) is 2.02. The molecule has 0 saturated heterocycles. The van der Waals surface area contributed by atoms with Crippen molar-refractivity contribution in [3.05, 3.63) is 47.5 Å². The van der Waals surface area contributed by atoms with Crippen LogP contribution in [0.1, 0.15) is 11.1 Å². The molecule has 25 heavy (non-hydrogen) atoms. The lowest BCUT2D eigenvalue weighted by atomic mass is 10.2. The third-order valence-electron chi connectivity index (χ3n) is 3.01. The molecule has 0 radical (unpaired) electrons. The molecule has 0 fully saturated rings. The molecular weight excluding hydrogens is 370 g/mol. The number of alkyl halides is 6. The molecule has 0 heterocycles. The summed E-state index contributed by atoms with van der Waals surface area (Å²) in [5, 5.41) is 0. The van der Waals surface area contributed by atoms with Gasteiger partial charge >= 0.3 is 12.7 Å². The van der Waals surface area contributed by atoms with Crippen LogP contribution in [0.2, 0.25) is 0 Å². The Kier molecular flexibility index (Phi) is 5.46. The van der Waals surface area contributed by atoms with Gasteiger partial charge in [-0.25, -0.2) is 0 Å². The van der Waals surface area contributed by atoms with E-state index in [1.165, 1.54) is 38.1 Å². The maximum Gasteiger partial charge on any atom is 0.573 e. The largest absolute Gasteiger partial charge is 0.573 e. The van der Waals surface area contributed by atoms with Gasteiger partial charge in [0.2, 0.25) is 0 Å². The van der Waals surface area contributed by atoms with Crippen LogP contribution < -0.4 is 9.47 Å². The second kappa shape index (κ2) is 7.07. The molecule has 0 unspecified atom stereocenters. The van der Waals surface area contributed by atoms with E-state index in [1.807, 2.05) is 0 Å². The molecular formula is C16H12F6O2S. The zero-order valence-electron chi connectivity index (χ0n) is 13.0. The van der Waals surface area contributed by atoms with Gasteiger partial charge in [-0.15, -0.1) is 26.3 Å². The molecule has 2 aromatic rings. The molecule has 0 amide bonds. The summed E-state index contributed by atoms with van der Waals surface area (Å²) in [6.07, 6.45) is -9.83. The van der Waals surface area contributed by atoms with Crippen molar-refractivity contribution in [1.29, 1.82) is 0 Å². The number of rotatable bonds is 4. The van der Waals surface area contributed by atoms with E-state index < -0.39 is 24.2 Å². The predicted octanol–water partition coefficient (Wildman–Crippen LogP) is 6.25. The summed E-state index contributed by atoms with van der Waals surface area (Å²) in [6.45, 7) is 3.07. The molecule has 136 valence electrons. The third kappa shape index (κ3) is 5.48. The lowest BCUT2D eigenvalue weighted by molar-refractivity contribution is -0.276. The molecule has 2 aromatic carbocycles. The van der Waals surface area contributed by atoms with Crippen LogP contribution in [0.5, 0.6) is 11.5 Å². The quantitative estimate of drug-likeness (QED) is 0.582. The van der Waals surface area contributed by atoms with Crippen molar-refractivity contribution >= 4 is 11.8 Å². The Morgan fingerprint density at radius 3 is 1.36 bits per heavy atom. The lowest BCUT2D eigenvalue weighted by Crippen LogP contribution is -2.18. The minimum absolute atomic E-state index is 0.0566. The summed E-state index contributed by atoms with van der Waals surface area (Å²) < 4.78 is 83.4. The molecule has 0 aliphatic heterocycles. The van der Waals surface area contributed by atoms with Crippen LogP contribution in [0.25, 0.3) is 0 Å². The standard InChI is InChI=1S/C16H12F6O2S/c1-9-5-3-7-11(23-15(17,18)19)13(9)25-14-10(2)6-4-8-12(14)24-16(20,21)22/h3-8H,1-2H3. The van der Waals surface area contributed by atoms with Gasteiger partial charge in [0.15, 0.2) is 0 Å². The number of hydrogen-bond donors (Lipinski definition) is 0. The van der Waals surface area contributed by atoms with E-state index in [2.05, 4.69) is 9.47 Å².